The fourth-order valence-corrected chi connectivity index (χ4v) is 0. The Morgan fingerprint density at radius 2 is 1.00 bits per heavy atom. The summed E-state index contributed by atoms with van der Waals surface area (Å²) in [5.41, 5.74) is 0. The van der Waals surface area contributed by atoms with E-state index in [-0.39, 0.29) is 79.9 Å². The van der Waals surface area contributed by atoms with E-state index in [4.69, 9.17) is 0 Å². The minimum absolute atomic E-state index is 0. The van der Waals surface area contributed by atoms with Crippen LogP contribution >= 0.6 is 0 Å². The third-order valence-corrected chi connectivity index (χ3v) is 0. The van der Waals surface area contributed by atoms with Crippen LogP contribution in [0, 0.1) is 35.6 Å². The summed E-state index contributed by atoms with van der Waals surface area (Å²) in [6.07, 6.45) is 0. The topological polar surface area (TPSA) is 28.5 Å². The molecule has 0 saturated carbocycles. The van der Waals surface area contributed by atoms with Crippen molar-refractivity contribution in [2.75, 3.05) is 0 Å². The molecule has 0 N–H and O–H groups in total. The van der Waals surface area contributed by atoms with Gasteiger partial charge >= 0.3 is 74.4 Å². The Morgan fingerprint density at radius 1 is 1.00 bits per heavy atom. The van der Waals surface area contributed by atoms with Gasteiger partial charge in [0, 0.05) is 0 Å². The summed E-state index contributed by atoms with van der Waals surface area (Å²) < 4.78 is 0. The van der Waals surface area contributed by atoms with Crippen molar-refractivity contribution in [2.24, 2.45) is 0 Å². The van der Waals surface area contributed by atoms with E-state index in [9.17, 15) is 0 Å². The quantitative estimate of drug-likeness (QED) is 0.542. The zero-order chi connectivity index (χ0) is 0. The summed E-state index contributed by atoms with van der Waals surface area (Å²) in [5.74, 6) is 0. The van der Waals surface area contributed by atoms with Gasteiger partial charge in [-0.25, -0.2) is 0 Å². The van der Waals surface area contributed by atoms with Gasteiger partial charge in [0.1, 0.15) is 0 Å². The first-order chi connectivity index (χ1) is 0. The van der Waals surface area contributed by atoms with Gasteiger partial charge < -0.3 is 5.48 Å². The summed E-state index contributed by atoms with van der Waals surface area (Å²) in [5, 5.41) is 0. The van der Waals surface area contributed by atoms with Gasteiger partial charge in [-0.3, -0.25) is 0 Å². The molecule has 0 aliphatic carbocycles. The molecule has 0 aliphatic rings. The van der Waals surface area contributed by atoms with Gasteiger partial charge in [0.25, 0.3) is 0 Å². The standard InChI is InChI=1S/Fe.La.O.Ti/q+2;+3;-2;+4. The molecule has 0 aromatic carbocycles. The monoisotopic (exact) mass is 259 g/mol. The third kappa shape index (κ3) is 8.83. The molecule has 0 saturated heterocycles. The number of hydrogen-bond donors (Lipinski definition) is 0. The summed E-state index contributed by atoms with van der Waals surface area (Å²) in [4.78, 5) is 0. The van der Waals surface area contributed by atoms with Crippen molar-refractivity contribution >= 4 is 0 Å². The summed E-state index contributed by atoms with van der Waals surface area (Å²) in [7, 11) is 0. The normalized spacial score (nSPS) is 0. The maximum atomic E-state index is 0. The molecule has 0 unspecified atom stereocenters. The van der Waals surface area contributed by atoms with Crippen LogP contribution in [0.2, 0.25) is 0 Å². The van der Waals surface area contributed by atoms with Crippen LogP contribution < -0.4 is 0 Å². The Hall–Kier alpha value is 2.39. The largest absolute Gasteiger partial charge is 4.00 e. The molecule has 0 aromatic rings. The Morgan fingerprint density at radius 3 is 1.00 bits per heavy atom. The SMILES string of the molecule is [Fe+2].[La+3].[O-2].[Ti+4]. The van der Waals surface area contributed by atoms with Crippen LogP contribution in [0.5, 0.6) is 0 Å². The Balaban J connectivity index is 0. The second kappa shape index (κ2) is 18.2. The van der Waals surface area contributed by atoms with Crippen molar-refractivity contribution in [3.63, 3.8) is 0 Å². The molecular weight excluding hydrogens is 259 g/mol. The molecule has 0 aliphatic heterocycles. The van der Waals surface area contributed by atoms with E-state index >= 15 is 0 Å². The van der Waals surface area contributed by atoms with E-state index in [2.05, 4.69) is 0 Å². The van der Waals surface area contributed by atoms with E-state index in [1.165, 1.54) is 0 Å². The van der Waals surface area contributed by atoms with E-state index in [1.54, 1.807) is 0 Å². The van der Waals surface area contributed by atoms with Crippen LogP contribution in [0.4, 0.5) is 0 Å². The van der Waals surface area contributed by atoms with Crippen molar-refractivity contribution in [2.45, 2.75) is 0 Å². The molecule has 4 heteroatoms. The molecule has 0 aromatic heterocycles. The molecule has 0 spiro atoms. The van der Waals surface area contributed by atoms with Crippen molar-refractivity contribution in [1.82, 2.24) is 0 Å². The average Bonchev–Trinajstić information content (AvgIpc) is 0. The predicted octanol–water partition coefficient (Wildman–Crippen LogP) is -0.124. The molecule has 14 valence electrons. The first-order valence-electron chi connectivity index (χ1n) is 0. The molecule has 0 bridgehead atoms. The summed E-state index contributed by atoms with van der Waals surface area (Å²) in [6.45, 7) is 0. The zero-order valence-electron chi connectivity index (χ0n) is 1.84. The van der Waals surface area contributed by atoms with Gasteiger partial charge in [-0.05, 0) is 0 Å². The van der Waals surface area contributed by atoms with Gasteiger partial charge in [0.15, 0.2) is 0 Å². The molecule has 4 heavy (non-hydrogen) atoms. The van der Waals surface area contributed by atoms with Crippen LogP contribution in [0.15, 0.2) is 0 Å². The first-order valence-corrected chi connectivity index (χ1v) is 0. The van der Waals surface area contributed by atoms with Crippen LogP contribution in [0.3, 0.4) is 0 Å². The Kier molecular flexibility index (Phi) is 148. The molecule has 0 heterocycles. The fourth-order valence-electron chi connectivity index (χ4n) is 0. The zero-order valence-corrected chi connectivity index (χ0v) is 8.13. The van der Waals surface area contributed by atoms with E-state index in [0.29, 0.717) is 0 Å². The second-order valence-electron chi connectivity index (χ2n) is 0. The van der Waals surface area contributed by atoms with Crippen LogP contribution in [-0.2, 0) is 44.3 Å². The molecule has 0 amide bonds. The van der Waals surface area contributed by atoms with Crippen LogP contribution in [0.1, 0.15) is 0 Å². The maximum absolute atomic E-state index is 0. The smallest absolute Gasteiger partial charge is 2.00 e. The summed E-state index contributed by atoms with van der Waals surface area (Å²) in [6, 6.07) is 0. The van der Waals surface area contributed by atoms with Crippen molar-refractivity contribution in [3.8, 4) is 0 Å². The van der Waals surface area contributed by atoms with E-state index in [1.807, 2.05) is 0 Å². The first kappa shape index (κ1) is 32.5. The Bertz CT molecular complexity index is 8.00. The molecule has 1 nitrogen and oxygen atoms in total. The molecule has 0 rings (SSSR count). The third-order valence-electron chi connectivity index (χ3n) is 0. The van der Waals surface area contributed by atoms with Crippen LogP contribution in [-0.4, -0.2) is 0 Å². The van der Waals surface area contributed by atoms with Gasteiger partial charge in [0.05, 0.1) is 0 Å². The average molecular weight is 259 g/mol. The minimum Gasteiger partial charge on any atom is -2.00 e. The molecular formula is FeLaOTi+7. The predicted molar refractivity (Wildman–Crippen MR) is 0.686 cm³/mol. The molecule has 0 radical (unpaired) electrons. The molecule has 0 atom stereocenters. The molecule has 0 fully saturated rings. The van der Waals surface area contributed by atoms with Gasteiger partial charge in [0.2, 0.25) is 0 Å². The fraction of sp³-hybridized carbons (Fsp3) is 0. The van der Waals surface area contributed by atoms with Crippen molar-refractivity contribution in [1.29, 1.82) is 0 Å². The van der Waals surface area contributed by atoms with Crippen molar-refractivity contribution in [3.05, 3.63) is 0 Å². The van der Waals surface area contributed by atoms with Gasteiger partial charge in [-0.15, -0.1) is 0 Å². The van der Waals surface area contributed by atoms with E-state index < -0.39 is 0 Å². The Labute approximate surface area is 78.6 Å². The number of rotatable bonds is 0. The minimum atomic E-state index is 0. The van der Waals surface area contributed by atoms with Crippen LogP contribution in [0.25, 0.3) is 0 Å². The van der Waals surface area contributed by atoms with Gasteiger partial charge in [-0.1, -0.05) is 0 Å². The van der Waals surface area contributed by atoms with E-state index in [0.717, 1.165) is 0 Å². The second-order valence-corrected chi connectivity index (χ2v) is 0. The summed E-state index contributed by atoms with van der Waals surface area (Å²) >= 11 is 0. The maximum Gasteiger partial charge on any atom is 4.00 e. The van der Waals surface area contributed by atoms with Crippen molar-refractivity contribution < 1.29 is 79.9 Å². The number of hydrogen-bond acceptors (Lipinski definition) is 0. The van der Waals surface area contributed by atoms with Gasteiger partial charge in [-0.2, -0.15) is 0 Å².